The average Bonchev–Trinajstić information content (AvgIpc) is 3.58. The summed E-state index contributed by atoms with van der Waals surface area (Å²) >= 11 is 0. The van der Waals surface area contributed by atoms with E-state index in [-0.39, 0.29) is 49.1 Å². The van der Waals surface area contributed by atoms with E-state index >= 15 is 0 Å². The number of fused-ring (bicyclic) bond motifs is 1. The number of H-pyrrole nitrogens is 1. The number of methoxy groups -OCH3 is 1. The molecule has 1 aliphatic heterocycles. The molecular formula is C37H43FN12O3. The molecule has 0 bridgehead atoms. The summed E-state index contributed by atoms with van der Waals surface area (Å²) in [5, 5.41) is 25.3. The van der Waals surface area contributed by atoms with Crippen molar-refractivity contribution in [1.29, 1.82) is 5.26 Å². The number of piperazine rings is 1. The molecule has 6 N–H and O–H groups in total. The van der Waals surface area contributed by atoms with Crippen LogP contribution in [0.1, 0.15) is 22.5 Å². The van der Waals surface area contributed by atoms with Crippen LogP contribution in [0.5, 0.6) is 0 Å². The quantitative estimate of drug-likeness (QED) is 0.0724. The number of carbonyl (C=O) groups excluding carboxylic acids is 1. The zero-order chi connectivity index (χ0) is 36.8. The molecule has 1 atom stereocenters. The average molecular weight is 723 g/mol. The topological polar surface area (TPSA) is 190 Å². The molecule has 0 radical (unpaired) electrons. The molecule has 15 nitrogen and oxygen atoms in total. The molecule has 6 rings (SSSR count). The van der Waals surface area contributed by atoms with Gasteiger partial charge in [0.15, 0.2) is 0 Å². The first-order chi connectivity index (χ1) is 25.9. The summed E-state index contributed by atoms with van der Waals surface area (Å²) in [5.74, 6) is 0.530. The number of amides is 1. The monoisotopic (exact) mass is 722 g/mol. The van der Waals surface area contributed by atoms with Crippen LogP contribution in [-0.2, 0) is 33.8 Å². The Morgan fingerprint density at radius 2 is 1.77 bits per heavy atom. The van der Waals surface area contributed by atoms with Crippen molar-refractivity contribution in [2.75, 3.05) is 75.6 Å². The second-order valence-electron chi connectivity index (χ2n) is 12.5. The van der Waals surface area contributed by atoms with Crippen LogP contribution in [0.25, 0.3) is 11.0 Å². The van der Waals surface area contributed by atoms with Gasteiger partial charge in [-0.3, -0.25) is 9.69 Å². The normalized spacial score (nSPS) is 13.7. The highest BCUT2D eigenvalue weighted by molar-refractivity contribution is 5.84. The maximum Gasteiger partial charge on any atom is 0.243 e. The molecule has 53 heavy (non-hydrogen) atoms. The highest BCUT2D eigenvalue weighted by Gasteiger charge is 2.21. The van der Waals surface area contributed by atoms with Crippen LogP contribution < -0.4 is 26.6 Å². The van der Waals surface area contributed by atoms with Crippen LogP contribution in [-0.4, -0.2) is 101 Å². The number of nitriles is 1. The third-order valence-corrected chi connectivity index (χ3v) is 8.46. The molecule has 0 aliphatic carbocycles. The lowest BCUT2D eigenvalue weighted by Gasteiger charge is -2.27. The van der Waals surface area contributed by atoms with Gasteiger partial charge in [0.2, 0.25) is 23.8 Å². The summed E-state index contributed by atoms with van der Waals surface area (Å²) in [4.78, 5) is 37.6. The molecule has 0 saturated carbocycles. The maximum atomic E-state index is 13.8. The fourth-order valence-electron chi connectivity index (χ4n) is 5.79. The van der Waals surface area contributed by atoms with Crippen LogP contribution in [0.2, 0.25) is 0 Å². The molecule has 1 saturated heterocycles. The third-order valence-electron chi connectivity index (χ3n) is 8.46. The van der Waals surface area contributed by atoms with Gasteiger partial charge in [-0.05, 0) is 53.6 Å². The Morgan fingerprint density at radius 3 is 2.58 bits per heavy atom. The van der Waals surface area contributed by atoms with Gasteiger partial charge in [0.05, 0.1) is 49.0 Å². The largest absolute Gasteiger partial charge is 0.382 e. The molecule has 3 heterocycles. The van der Waals surface area contributed by atoms with Crippen LogP contribution in [0.4, 0.5) is 27.9 Å². The standard InChI is InChI=1S/C37H43FN12O3/c1-52-17-18-53-16-13-41-34(51)32(20-25-5-7-26(22-39)8-6-25)46-37-48-35(42-23-33-44-30-10-9-28(38)21-31(30)45-33)47-36(49-37)43-29-4-2-3-27(19-29)24-50-14-11-40-12-15-50/h2-10,19,21,32,40H,11-18,20,23-24H2,1H3,(H,41,51)(H,44,45)(H3,42,43,46,47,48,49)/t32-/m0/s1. The van der Waals surface area contributed by atoms with E-state index < -0.39 is 6.04 Å². The number of hydrogen-bond donors (Lipinski definition) is 6. The van der Waals surface area contributed by atoms with Crippen LogP contribution in [0, 0.1) is 17.1 Å². The first kappa shape index (κ1) is 37.0. The Bertz CT molecular complexity index is 2000. The smallest absolute Gasteiger partial charge is 0.243 e. The highest BCUT2D eigenvalue weighted by atomic mass is 19.1. The van der Waals surface area contributed by atoms with E-state index in [2.05, 4.69) is 74.6 Å². The first-order valence-corrected chi connectivity index (χ1v) is 17.5. The molecule has 5 aromatic rings. The van der Waals surface area contributed by atoms with E-state index in [1.165, 1.54) is 12.1 Å². The molecule has 1 amide bonds. The number of aromatic nitrogens is 5. The van der Waals surface area contributed by atoms with Crippen molar-refractivity contribution in [3.05, 3.63) is 95.1 Å². The number of ether oxygens (including phenoxy) is 2. The van der Waals surface area contributed by atoms with Crippen molar-refractivity contribution in [3.63, 3.8) is 0 Å². The minimum atomic E-state index is -0.794. The van der Waals surface area contributed by atoms with E-state index in [4.69, 9.17) is 9.47 Å². The van der Waals surface area contributed by atoms with Gasteiger partial charge in [0, 0.05) is 58.5 Å². The van der Waals surface area contributed by atoms with Crippen LogP contribution in [0.15, 0.2) is 66.7 Å². The molecule has 1 aliphatic rings. The number of anilines is 4. The number of nitrogens with zero attached hydrogens (tertiary/aromatic N) is 6. The Morgan fingerprint density at radius 1 is 0.962 bits per heavy atom. The van der Waals surface area contributed by atoms with E-state index in [1.54, 1.807) is 25.3 Å². The zero-order valence-electron chi connectivity index (χ0n) is 29.5. The molecular weight excluding hydrogens is 679 g/mol. The predicted molar refractivity (Wildman–Crippen MR) is 199 cm³/mol. The van der Waals surface area contributed by atoms with Crippen LogP contribution >= 0.6 is 0 Å². The molecule has 3 aromatic carbocycles. The Hall–Kier alpha value is -5.73. The molecule has 1 fully saturated rings. The van der Waals surface area contributed by atoms with Crippen molar-refractivity contribution in [1.82, 2.24) is 40.5 Å². The van der Waals surface area contributed by atoms with Crippen molar-refractivity contribution < 1.29 is 18.7 Å². The minimum Gasteiger partial charge on any atom is -0.382 e. The molecule has 0 unspecified atom stereocenters. The van der Waals surface area contributed by atoms with E-state index in [0.717, 1.165) is 49.5 Å². The van der Waals surface area contributed by atoms with Gasteiger partial charge in [0.25, 0.3) is 0 Å². The number of carbonyl (C=O) groups is 1. The van der Waals surface area contributed by atoms with Gasteiger partial charge >= 0.3 is 0 Å². The maximum absolute atomic E-state index is 13.8. The fourth-order valence-corrected chi connectivity index (χ4v) is 5.79. The van der Waals surface area contributed by atoms with Crippen LogP contribution in [0.3, 0.4) is 0 Å². The summed E-state index contributed by atoms with van der Waals surface area (Å²) in [6.07, 6.45) is 0.281. The molecule has 276 valence electrons. The molecule has 0 spiro atoms. The second-order valence-corrected chi connectivity index (χ2v) is 12.5. The van der Waals surface area contributed by atoms with E-state index in [1.807, 2.05) is 24.3 Å². The fraction of sp³-hybridized carbons (Fsp3) is 0.351. The number of aromatic amines is 1. The van der Waals surface area contributed by atoms with Crippen molar-refractivity contribution in [2.24, 2.45) is 0 Å². The third kappa shape index (κ3) is 11.1. The van der Waals surface area contributed by atoms with Gasteiger partial charge in [-0.1, -0.05) is 24.3 Å². The molecule has 16 heteroatoms. The Labute approximate surface area is 306 Å². The van der Waals surface area contributed by atoms with Gasteiger partial charge in [-0.25, -0.2) is 9.37 Å². The number of halogens is 1. The number of hydrogen-bond acceptors (Lipinski definition) is 13. The highest BCUT2D eigenvalue weighted by Crippen LogP contribution is 2.20. The van der Waals surface area contributed by atoms with E-state index in [0.29, 0.717) is 42.2 Å². The van der Waals surface area contributed by atoms with Crippen molar-refractivity contribution >= 4 is 40.5 Å². The van der Waals surface area contributed by atoms with Gasteiger partial charge in [0.1, 0.15) is 17.7 Å². The predicted octanol–water partition coefficient (Wildman–Crippen LogP) is 3.32. The number of benzene rings is 3. The Balaban J connectivity index is 1.24. The van der Waals surface area contributed by atoms with Crippen molar-refractivity contribution in [3.8, 4) is 6.07 Å². The van der Waals surface area contributed by atoms with Gasteiger partial charge in [-0.15, -0.1) is 0 Å². The first-order valence-electron chi connectivity index (χ1n) is 17.5. The summed E-state index contributed by atoms with van der Waals surface area (Å²) < 4.78 is 24.3. The lowest BCUT2D eigenvalue weighted by atomic mass is 10.0. The summed E-state index contributed by atoms with van der Waals surface area (Å²) in [7, 11) is 1.60. The summed E-state index contributed by atoms with van der Waals surface area (Å²) in [5.41, 5.74) is 4.50. The Kier molecular flexibility index (Phi) is 13.0. The number of nitrogens with one attached hydrogen (secondary N) is 6. The van der Waals surface area contributed by atoms with Crippen molar-refractivity contribution in [2.45, 2.75) is 25.6 Å². The number of imidazole rings is 1. The van der Waals surface area contributed by atoms with Gasteiger partial charge < -0.3 is 41.0 Å². The zero-order valence-corrected chi connectivity index (χ0v) is 29.5. The SMILES string of the molecule is COCCOCCNC(=O)[C@H](Cc1ccc(C#N)cc1)Nc1nc(NCc2nc3ccc(F)cc3[nH]2)nc(Nc2cccc(CN3CCNCC3)c2)n1. The summed E-state index contributed by atoms with van der Waals surface area (Å²) in [6.45, 7) is 6.39. The second kappa shape index (κ2) is 18.7. The minimum absolute atomic E-state index is 0.152. The lowest BCUT2D eigenvalue weighted by Crippen LogP contribution is -2.42. The molecule has 2 aromatic heterocycles. The lowest BCUT2D eigenvalue weighted by molar-refractivity contribution is -0.122. The summed E-state index contributed by atoms with van der Waals surface area (Å²) in [6, 6.07) is 20.8. The van der Waals surface area contributed by atoms with E-state index in [9.17, 15) is 14.4 Å². The van der Waals surface area contributed by atoms with Gasteiger partial charge in [-0.2, -0.15) is 20.2 Å². The number of rotatable bonds is 18.